The van der Waals surface area contributed by atoms with E-state index in [9.17, 15) is 9.59 Å². The molecule has 1 saturated heterocycles. The number of rotatable bonds is 3. The van der Waals surface area contributed by atoms with Crippen LogP contribution in [0.3, 0.4) is 0 Å². The second kappa shape index (κ2) is 7.09. The summed E-state index contributed by atoms with van der Waals surface area (Å²) in [4.78, 5) is 31.5. The zero-order chi connectivity index (χ0) is 16.3. The highest BCUT2D eigenvalue weighted by molar-refractivity contribution is 7.11. The van der Waals surface area contributed by atoms with Crippen LogP contribution in [0.25, 0.3) is 0 Å². The van der Waals surface area contributed by atoms with Gasteiger partial charge in [0.15, 0.2) is 0 Å². The molecule has 0 aromatic carbocycles. The average Bonchev–Trinajstić information content (AvgIpc) is 2.68. The summed E-state index contributed by atoms with van der Waals surface area (Å²) in [5.41, 5.74) is 0.960. The van der Waals surface area contributed by atoms with Gasteiger partial charge in [0.05, 0.1) is 16.7 Å². The van der Waals surface area contributed by atoms with Crippen LogP contribution in [-0.4, -0.2) is 41.5 Å². The van der Waals surface area contributed by atoms with E-state index in [4.69, 9.17) is 0 Å². The monoisotopic (exact) mass is 324 g/mol. The Morgan fingerprint density at radius 3 is 2.82 bits per heavy atom. The molecular weight excluding hydrogens is 300 g/mol. The Kier molecular flexibility index (Phi) is 5.39. The van der Waals surface area contributed by atoms with Crippen molar-refractivity contribution in [2.24, 2.45) is 0 Å². The van der Waals surface area contributed by atoms with E-state index in [0.717, 1.165) is 28.4 Å². The lowest BCUT2D eigenvalue weighted by Gasteiger charge is -2.27. The van der Waals surface area contributed by atoms with Crippen molar-refractivity contribution in [2.75, 3.05) is 13.6 Å². The summed E-state index contributed by atoms with van der Waals surface area (Å²) in [6, 6.07) is -0.728. The summed E-state index contributed by atoms with van der Waals surface area (Å²) in [6.07, 6.45) is 2.60. The van der Waals surface area contributed by atoms with E-state index in [1.165, 1.54) is 0 Å². The van der Waals surface area contributed by atoms with Gasteiger partial charge in [-0.25, -0.2) is 9.78 Å². The lowest BCUT2D eigenvalue weighted by Crippen LogP contribution is -2.49. The summed E-state index contributed by atoms with van der Waals surface area (Å²) in [7, 11) is 1.75. The van der Waals surface area contributed by atoms with Crippen molar-refractivity contribution in [3.8, 4) is 0 Å². The second-order valence-corrected chi connectivity index (χ2v) is 6.99. The highest BCUT2D eigenvalue weighted by atomic mass is 32.1. The predicted octanol–water partition coefficient (Wildman–Crippen LogP) is 2.13. The van der Waals surface area contributed by atoms with Gasteiger partial charge in [0.2, 0.25) is 5.91 Å². The first-order valence-corrected chi connectivity index (χ1v) is 8.46. The highest BCUT2D eigenvalue weighted by Gasteiger charge is 2.26. The molecule has 1 aliphatic rings. The number of aromatic nitrogens is 1. The third-order valence-corrected chi connectivity index (χ3v) is 5.30. The maximum Gasteiger partial charge on any atom is 0.318 e. The van der Waals surface area contributed by atoms with Gasteiger partial charge in [-0.3, -0.25) is 4.79 Å². The summed E-state index contributed by atoms with van der Waals surface area (Å²) in [6.45, 7) is 6.59. The number of urea groups is 1. The lowest BCUT2D eigenvalue weighted by molar-refractivity contribution is -0.122. The van der Waals surface area contributed by atoms with Crippen LogP contribution in [0.4, 0.5) is 4.79 Å². The topological polar surface area (TPSA) is 74.3 Å². The van der Waals surface area contributed by atoms with Gasteiger partial charge >= 0.3 is 6.03 Å². The minimum absolute atomic E-state index is 0.0694. The van der Waals surface area contributed by atoms with Crippen molar-refractivity contribution in [1.82, 2.24) is 20.5 Å². The van der Waals surface area contributed by atoms with Crippen LogP contribution < -0.4 is 10.6 Å². The van der Waals surface area contributed by atoms with E-state index in [-0.39, 0.29) is 18.0 Å². The number of hydrogen-bond acceptors (Lipinski definition) is 4. The van der Waals surface area contributed by atoms with Gasteiger partial charge in [0.1, 0.15) is 6.04 Å². The number of aryl methyl sites for hydroxylation is 2. The molecule has 122 valence electrons. The minimum atomic E-state index is -0.436. The molecular formula is C15H24N4O2S. The van der Waals surface area contributed by atoms with Crippen molar-refractivity contribution in [3.63, 3.8) is 0 Å². The maximum absolute atomic E-state index is 12.4. The number of carbonyl (C=O) groups is 2. The third kappa shape index (κ3) is 3.76. The predicted molar refractivity (Wildman–Crippen MR) is 86.9 cm³/mol. The Morgan fingerprint density at radius 2 is 2.18 bits per heavy atom. The van der Waals surface area contributed by atoms with Crippen molar-refractivity contribution in [1.29, 1.82) is 0 Å². The van der Waals surface area contributed by atoms with Gasteiger partial charge in [0, 0.05) is 18.5 Å². The normalized spacial score (nSPS) is 20.0. The summed E-state index contributed by atoms with van der Waals surface area (Å²) >= 11 is 1.61. The van der Waals surface area contributed by atoms with Gasteiger partial charge in [-0.2, -0.15) is 0 Å². The molecule has 2 heterocycles. The molecule has 0 aliphatic carbocycles. The van der Waals surface area contributed by atoms with Gasteiger partial charge in [-0.15, -0.1) is 11.3 Å². The molecule has 3 amide bonds. The van der Waals surface area contributed by atoms with E-state index >= 15 is 0 Å². The zero-order valence-electron chi connectivity index (χ0n) is 13.6. The molecule has 1 aliphatic heterocycles. The largest absolute Gasteiger partial charge is 0.354 e. The number of amides is 3. The Bertz CT molecular complexity index is 558. The molecule has 2 atom stereocenters. The Hall–Kier alpha value is -1.63. The Morgan fingerprint density at radius 1 is 1.45 bits per heavy atom. The molecule has 22 heavy (non-hydrogen) atoms. The summed E-state index contributed by atoms with van der Waals surface area (Å²) < 4.78 is 0. The van der Waals surface area contributed by atoms with Gasteiger partial charge in [-0.05, 0) is 40.0 Å². The number of carbonyl (C=O) groups excluding carboxylic acids is 2. The molecule has 0 saturated carbocycles. The highest BCUT2D eigenvalue weighted by Crippen LogP contribution is 2.28. The first-order valence-electron chi connectivity index (χ1n) is 7.65. The molecule has 7 heteroatoms. The van der Waals surface area contributed by atoms with Gasteiger partial charge in [0.25, 0.3) is 0 Å². The molecule has 0 spiro atoms. The summed E-state index contributed by atoms with van der Waals surface area (Å²) in [5.74, 6) is -0.0864. The quantitative estimate of drug-likeness (QED) is 0.894. The lowest BCUT2D eigenvalue weighted by atomic mass is 10.1. The van der Waals surface area contributed by atoms with E-state index < -0.39 is 6.04 Å². The fourth-order valence-electron chi connectivity index (χ4n) is 2.61. The first-order chi connectivity index (χ1) is 10.4. The van der Waals surface area contributed by atoms with Gasteiger partial charge < -0.3 is 15.5 Å². The molecule has 1 fully saturated rings. The molecule has 2 N–H and O–H groups in total. The molecule has 2 rings (SSSR count). The zero-order valence-corrected chi connectivity index (χ0v) is 14.4. The Labute approximate surface area is 135 Å². The molecule has 6 nitrogen and oxygen atoms in total. The SMILES string of the molecule is Cc1nc(C)c([C@@H](C)N(C)C(=O)N[C@@H]2CCCCNC2=O)s1. The molecule has 0 radical (unpaired) electrons. The summed E-state index contributed by atoms with van der Waals surface area (Å²) in [5, 5.41) is 6.67. The van der Waals surface area contributed by atoms with Crippen molar-refractivity contribution >= 4 is 23.3 Å². The van der Waals surface area contributed by atoms with E-state index in [1.807, 2.05) is 20.8 Å². The number of thiazole rings is 1. The van der Waals surface area contributed by atoms with Crippen LogP contribution in [0, 0.1) is 13.8 Å². The van der Waals surface area contributed by atoms with Crippen LogP contribution in [0.1, 0.15) is 47.8 Å². The number of hydrogen-bond donors (Lipinski definition) is 2. The standard InChI is InChI=1S/C15H24N4O2S/c1-9-13(22-11(3)17-9)10(2)19(4)15(21)18-12-7-5-6-8-16-14(12)20/h10,12H,5-8H2,1-4H3,(H,16,20)(H,18,21)/t10-,12-/m1/s1. The van der Waals surface area contributed by atoms with Crippen LogP contribution in [0.2, 0.25) is 0 Å². The maximum atomic E-state index is 12.4. The second-order valence-electron chi connectivity index (χ2n) is 5.76. The van der Waals surface area contributed by atoms with Crippen molar-refractivity contribution in [2.45, 2.75) is 52.1 Å². The van der Waals surface area contributed by atoms with Crippen molar-refractivity contribution in [3.05, 3.63) is 15.6 Å². The van der Waals surface area contributed by atoms with Crippen LogP contribution in [0.15, 0.2) is 0 Å². The van der Waals surface area contributed by atoms with E-state index in [0.29, 0.717) is 13.0 Å². The van der Waals surface area contributed by atoms with Crippen LogP contribution >= 0.6 is 11.3 Å². The third-order valence-electron chi connectivity index (χ3n) is 4.05. The molecule has 0 unspecified atom stereocenters. The molecule has 1 aromatic rings. The molecule has 0 bridgehead atoms. The van der Waals surface area contributed by atoms with Crippen molar-refractivity contribution < 1.29 is 9.59 Å². The Balaban J connectivity index is 2.02. The number of nitrogens with zero attached hydrogens (tertiary/aromatic N) is 2. The molecule has 1 aromatic heterocycles. The van der Waals surface area contributed by atoms with Crippen LogP contribution in [0.5, 0.6) is 0 Å². The fraction of sp³-hybridized carbons (Fsp3) is 0.667. The van der Waals surface area contributed by atoms with E-state index in [1.54, 1.807) is 23.3 Å². The average molecular weight is 324 g/mol. The van der Waals surface area contributed by atoms with Gasteiger partial charge in [-0.1, -0.05) is 0 Å². The van der Waals surface area contributed by atoms with E-state index in [2.05, 4.69) is 15.6 Å². The van der Waals surface area contributed by atoms with Crippen LogP contribution in [-0.2, 0) is 4.79 Å². The number of nitrogens with one attached hydrogen (secondary N) is 2. The fourth-order valence-corrected chi connectivity index (χ4v) is 3.64. The first kappa shape index (κ1) is 16.7. The minimum Gasteiger partial charge on any atom is -0.354 e. The smallest absolute Gasteiger partial charge is 0.318 e.